The molecule has 0 saturated carbocycles. The fourth-order valence-corrected chi connectivity index (χ4v) is 8.02. The highest BCUT2D eigenvalue weighted by Crippen LogP contribution is 2.45. The third-order valence-corrected chi connectivity index (χ3v) is 12.2. The van der Waals surface area contributed by atoms with Gasteiger partial charge in [-0.05, 0) is 66.6 Å². The summed E-state index contributed by atoms with van der Waals surface area (Å²) in [4.78, 5) is 79.8. The van der Waals surface area contributed by atoms with E-state index in [2.05, 4.69) is 51.4 Å². The Morgan fingerprint density at radius 3 is 2.11 bits per heavy atom. The number of aliphatic hydroxyl groups excluding tert-OH is 2. The van der Waals surface area contributed by atoms with E-state index in [1.54, 1.807) is 0 Å². The maximum Gasteiger partial charge on any atom is 0.326 e. The molecule has 4 amide bonds. The number of aliphatic carboxylic acids is 1. The summed E-state index contributed by atoms with van der Waals surface area (Å²) in [6.07, 6.45) is -3.17. The molecule has 0 spiro atoms. The van der Waals surface area contributed by atoms with Gasteiger partial charge in [-0.1, -0.05) is 51.1 Å². The number of amides is 4. The maximum absolute atomic E-state index is 15.0. The van der Waals surface area contributed by atoms with E-state index in [0.29, 0.717) is 11.1 Å². The van der Waals surface area contributed by atoms with Crippen molar-refractivity contribution >= 4 is 45.6 Å². The second kappa shape index (κ2) is 23.5. The molecule has 0 aliphatic carbocycles. The molecule has 1 aromatic heterocycles. The molecule has 16 N–H and O–H groups in total. The number of nitrogens with zero attached hydrogens (tertiary/aromatic N) is 3. The average molecular weight is 1020 g/mol. The lowest BCUT2D eigenvalue weighted by Gasteiger charge is -2.33. The van der Waals surface area contributed by atoms with E-state index < -0.39 is 102 Å². The molecule has 4 bridgehead atoms. The number of hydrogen-bond donors (Lipinski definition) is 12. The molecule has 24 nitrogen and oxygen atoms in total. The van der Waals surface area contributed by atoms with Crippen LogP contribution < -0.4 is 52.5 Å². The molecule has 0 unspecified atom stereocenters. The number of nitrogens with two attached hydrogens (primary N) is 4. The van der Waals surface area contributed by atoms with Crippen molar-refractivity contribution in [2.45, 2.75) is 89.3 Å². The number of hydrogen-bond acceptors (Lipinski definition) is 17. The van der Waals surface area contributed by atoms with Crippen molar-refractivity contribution in [3.05, 3.63) is 82.5 Å². The molecule has 2 heterocycles. The first-order valence-electron chi connectivity index (χ1n) is 22.7. The Hall–Kier alpha value is -7.00. The van der Waals surface area contributed by atoms with Gasteiger partial charge in [0.1, 0.15) is 66.7 Å². The molecule has 25 heteroatoms. The number of fused-ring (bicyclic) bond motifs is 5. The lowest BCUT2D eigenvalue weighted by atomic mass is 9.86. The summed E-state index contributed by atoms with van der Waals surface area (Å²) in [5.41, 5.74) is 19.2. The number of carboxylic acid groups (broad SMARTS) is 1. The van der Waals surface area contributed by atoms with Crippen LogP contribution in [0, 0.1) is 6.92 Å². The molecule has 6 atom stereocenters. The number of rotatable bonds is 18. The van der Waals surface area contributed by atoms with E-state index in [0.717, 1.165) is 10.5 Å². The summed E-state index contributed by atoms with van der Waals surface area (Å²) in [6.45, 7) is 7.16. The van der Waals surface area contributed by atoms with Gasteiger partial charge in [0.15, 0.2) is 17.3 Å². The minimum Gasteiger partial charge on any atom is -0.504 e. The smallest absolute Gasteiger partial charge is 0.326 e. The van der Waals surface area contributed by atoms with Gasteiger partial charge < -0.3 is 68.0 Å². The number of aromatic nitrogens is 2. The monoisotopic (exact) mass is 1020 g/mol. The molecular weight excluding hydrogens is 959 g/mol. The number of anilines is 1. The van der Waals surface area contributed by atoms with E-state index in [4.69, 9.17) is 31.8 Å². The second-order valence-electron chi connectivity index (χ2n) is 18.3. The number of nitrogens with one attached hydrogen (secondary N) is 4. The number of likely N-dealkylation sites (N-methyl/N-ethyl adjacent to an activating group) is 1. The molecule has 1 aliphatic heterocycles. The highest BCUT2D eigenvalue weighted by Gasteiger charge is 2.37. The lowest BCUT2D eigenvalue weighted by Crippen LogP contribution is -2.55. The number of aromatic hydroxyl groups is 1. The van der Waals surface area contributed by atoms with Gasteiger partial charge in [0, 0.05) is 49.8 Å². The van der Waals surface area contributed by atoms with E-state index in [9.17, 15) is 52.8 Å². The van der Waals surface area contributed by atoms with Crippen LogP contribution in [0.25, 0.3) is 22.5 Å². The van der Waals surface area contributed by atoms with Crippen LogP contribution >= 0.6 is 0 Å². The summed E-state index contributed by atoms with van der Waals surface area (Å²) >= 11 is 0. The minimum atomic E-state index is -4.33. The Kier molecular flexibility index (Phi) is 18.2. The zero-order valence-electron chi connectivity index (χ0n) is 40.6. The van der Waals surface area contributed by atoms with Crippen molar-refractivity contribution in [1.29, 1.82) is 0 Å². The molecule has 4 aromatic rings. The Labute approximate surface area is 416 Å². The Morgan fingerprint density at radius 2 is 1.54 bits per heavy atom. The van der Waals surface area contributed by atoms with Crippen LogP contribution in [0.15, 0.2) is 54.6 Å². The molecule has 5 rings (SSSR count). The van der Waals surface area contributed by atoms with Gasteiger partial charge in [-0.15, -0.1) is 0 Å². The normalized spacial score (nSPS) is 17.6. The number of carbonyl (C=O) groups excluding carboxylic acids is 4. The summed E-state index contributed by atoms with van der Waals surface area (Å²) < 4.78 is 37.9. The van der Waals surface area contributed by atoms with Crippen molar-refractivity contribution in [2.75, 3.05) is 45.6 Å². The topological polar surface area (TPSA) is 400 Å². The van der Waals surface area contributed by atoms with Crippen LogP contribution in [-0.2, 0) is 41.2 Å². The van der Waals surface area contributed by atoms with Gasteiger partial charge in [-0.3, -0.25) is 19.2 Å². The van der Waals surface area contributed by atoms with E-state index in [-0.39, 0.29) is 82.6 Å². The van der Waals surface area contributed by atoms with Gasteiger partial charge in [0.05, 0.1) is 5.69 Å². The van der Waals surface area contributed by atoms with Gasteiger partial charge in [-0.25, -0.2) is 24.6 Å². The first kappa shape index (κ1) is 55.9. The van der Waals surface area contributed by atoms with E-state index in [1.807, 2.05) is 24.3 Å². The number of carboxylic acids is 1. The van der Waals surface area contributed by atoms with Crippen LogP contribution in [0.4, 0.5) is 5.82 Å². The number of benzene rings is 3. The summed E-state index contributed by atoms with van der Waals surface area (Å²) in [5.74, 6) is -6.34. The van der Waals surface area contributed by atoms with Crippen molar-refractivity contribution in [3.8, 4) is 39.8 Å². The van der Waals surface area contributed by atoms with Crippen LogP contribution in [-0.4, -0.2) is 144 Å². The van der Waals surface area contributed by atoms with Crippen molar-refractivity contribution < 1.29 is 62.3 Å². The molecule has 0 saturated heterocycles. The molecule has 0 radical (unpaired) electrons. The number of nitrogen functional groups attached to an aromatic ring is 1. The zero-order chi connectivity index (χ0) is 53.4. The predicted molar refractivity (Wildman–Crippen MR) is 263 cm³/mol. The van der Waals surface area contributed by atoms with Crippen molar-refractivity contribution in [3.63, 3.8) is 0 Å². The van der Waals surface area contributed by atoms with Gasteiger partial charge in [0.2, 0.25) is 17.7 Å². The van der Waals surface area contributed by atoms with Crippen molar-refractivity contribution in [1.82, 2.24) is 35.5 Å². The molecule has 72 heavy (non-hydrogen) atoms. The molecule has 1 aliphatic rings. The standard InChI is InChI=1S/C47H63N11O13S/c1-23-37(40(50)57-41(53-23)26-8-10-28(11-9-26)47(3,4)5)43(63)55-33(13-14-52-72(51,68)69)45(65)58(6)38-27-17-32(39(61)36(18-27)71-22-30(60)20-49)31-15-25(7-12-35(31)70-21-29(59)19-48)16-34(46(66)67)56-42(62)24(2)54-44(38)64/h7-12,15,17-18,24,29-30,33-34,38,52,59-61H,13-14,16,19-22,48-49H2,1-6H3,(H,54,64)(H,55,63)(H,56,62)(H,66,67)(H2,50,53,57)(H2,51,68,69)/t24-,29+,30+,33-,34-,38-/m0/s1. The highest BCUT2D eigenvalue weighted by molar-refractivity contribution is 7.87. The molecule has 0 fully saturated rings. The van der Waals surface area contributed by atoms with Crippen molar-refractivity contribution in [2.24, 2.45) is 16.6 Å². The van der Waals surface area contributed by atoms with Gasteiger partial charge >= 0.3 is 5.97 Å². The van der Waals surface area contributed by atoms with E-state index >= 15 is 0 Å². The number of ether oxygens (including phenoxy) is 2. The average Bonchev–Trinajstić information content (AvgIpc) is 3.31. The Morgan fingerprint density at radius 1 is 0.917 bits per heavy atom. The number of aliphatic hydroxyl groups is 2. The maximum atomic E-state index is 15.0. The number of phenolic OH excluding ortho intramolecular Hbond substituents is 1. The number of carbonyl (C=O) groups is 5. The summed E-state index contributed by atoms with van der Waals surface area (Å²) in [5, 5.41) is 55.5. The molecular formula is C47H63N11O13S. The highest BCUT2D eigenvalue weighted by atomic mass is 32.2. The lowest BCUT2D eigenvalue weighted by molar-refractivity contribution is -0.143. The minimum absolute atomic E-state index is 0.0175. The Bertz CT molecular complexity index is 2750. The van der Waals surface area contributed by atoms with Crippen LogP contribution in [0.5, 0.6) is 17.2 Å². The number of phenols is 1. The van der Waals surface area contributed by atoms with Gasteiger partial charge in [0.25, 0.3) is 16.1 Å². The van der Waals surface area contributed by atoms with E-state index in [1.165, 1.54) is 51.2 Å². The van der Waals surface area contributed by atoms with Crippen LogP contribution in [0.2, 0.25) is 0 Å². The quantitative estimate of drug-likeness (QED) is 0.0581. The third-order valence-electron chi connectivity index (χ3n) is 11.6. The second-order valence-corrected chi connectivity index (χ2v) is 19.7. The van der Waals surface area contributed by atoms with Crippen LogP contribution in [0.3, 0.4) is 0 Å². The Balaban J connectivity index is 1.67. The van der Waals surface area contributed by atoms with Crippen LogP contribution in [0.1, 0.15) is 72.9 Å². The third kappa shape index (κ3) is 14.1. The van der Waals surface area contributed by atoms with Gasteiger partial charge in [-0.2, -0.15) is 8.42 Å². The number of aryl methyl sites for hydroxylation is 1. The first-order chi connectivity index (χ1) is 33.7. The largest absolute Gasteiger partial charge is 0.504 e. The summed E-state index contributed by atoms with van der Waals surface area (Å²) in [7, 11) is -3.16. The fraction of sp³-hybridized carbons (Fsp3) is 0.426. The fourth-order valence-electron chi connectivity index (χ4n) is 7.62. The zero-order valence-corrected chi connectivity index (χ0v) is 41.4. The SMILES string of the molecule is Cc1nc(-c2ccc(C(C)(C)C)cc2)nc(N)c1C(=O)N[C@@H](CCNS(N)(=O)=O)C(=O)N(C)[C@@H]1C(=O)N[C@@H](C)C(=O)N[C@H](C(=O)O)Cc2ccc(OC[C@H](O)CN)c(c2)-c2cc1cc(OC[C@H](O)CN)c2O. The summed E-state index contributed by atoms with van der Waals surface area (Å²) in [6, 6.07) is 7.83. The molecule has 390 valence electrons. The predicted octanol–water partition coefficient (Wildman–Crippen LogP) is -0.787. The molecule has 3 aromatic carbocycles. The first-order valence-corrected chi connectivity index (χ1v) is 24.2.